The van der Waals surface area contributed by atoms with Gasteiger partial charge in [0.2, 0.25) is 0 Å². The van der Waals surface area contributed by atoms with Gasteiger partial charge in [0.15, 0.2) is 0 Å². The molecule has 5 aromatic rings. The molecule has 0 spiro atoms. The van der Waals surface area contributed by atoms with Gasteiger partial charge < -0.3 is 28.7 Å². The Labute approximate surface area is 281 Å². The highest BCUT2D eigenvalue weighted by Gasteiger charge is 2.23. The largest absolute Gasteiger partial charge is 0.497 e. The van der Waals surface area contributed by atoms with Crippen molar-refractivity contribution < 1.29 is 28.5 Å². The molecule has 9 heteroatoms. The molecule has 4 aromatic carbocycles. The SMILES string of the molecule is COc1ccc(CN(Cc2ccc(OC)cc2)C(=O)c2cccc(C(=O)N(Cc3ccc(OC)cc3)Cc3ccc(OC)cc3)n2)cc1. The Kier molecular flexibility index (Phi) is 11.3. The van der Waals surface area contributed by atoms with Crippen molar-refractivity contribution in [3.63, 3.8) is 0 Å². The number of carbonyl (C=O) groups is 2. The van der Waals surface area contributed by atoms with Crippen molar-refractivity contribution in [3.05, 3.63) is 149 Å². The second-order valence-corrected chi connectivity index (χ2v) is 11.1. The van der Waals surface area contributed by atoms with Crippen LogP contribution in [0.4, 0.5) is 0 Å². The molecular weight excluding hydrogens is 606 g/mol. The minimum absolute atomic E-state index is 0.178. The first-order valence-electron chi connectivity index (χ1n) is 15.5. The standard InChI is InChI=1S/C39H39N3O6/c1-45-32-16-8-28(9-17-32)24-41(25-29-10-18-33(46-2)19-11-29)38(43)36-6-5-7-37(40-36)39(44)42(26-30-12-20-34(47-3)21-13-30)27-31-14-22-35(48-4)23-15-31/h5-23H,24-27H2,1-4H3. The van der Waals surface area contributed by atoms with Crippen LogP contribution < -0.4 is 18.9 Å². The summed E-state index contributed by atoms with van der Waals surface area (Å²) >= 11 is 0. The molecule has 0 saturated carbocycles. The van der Waals surface area contributed by atoms with Crippen LogP contribution in [0.15, 0.2) is 115 Å². The molecule has 0 radical (unpaired) electrons. The summed E-state index contributed by atoms with van der Waals surface area (Å²) in [5.74, 6) is 2.32. The molecule has 0 atom stereocenters. The van der Waals surface area contributed by atoms with Crippen LogP contribution in [-0.2, 0) is 26.2 Å². The summed E-state index contributed by atoms with van der Waals surface area (Å²) in [6.45, 7) is 1.32. The molecule has 0 aliphatic carbocycles. The molecule has 246 valence electrons. The first-order chi connectivity index (χ1) is 23.4. The van der Waals surface area contributed by atoms with Gasteiger partial charge in [-0.3, -0.25) is 9.59 Å². The zero-order chi connectivity index (χ0) is 33.9. The number of amides is 2. The van der Waals surface area contributed by atoms with E-state index in [9.17, 15) is 9.59 Å². The number of aromatic nitrogens is 1. The van der Waals surface area contributed by atoms with Crippen LogP contribution in [0.2, 0.25) is 0 Å². The highest BCUT2D eigenvalue weighted by atomic mass is 16.5. The molecule has 0 aliphatic rings. The van der Waals surface area contributed by atoms with E-state index < -0.39 is 0 Å². The summed E-state index contributed by atoms with van der Waals surface area (Å²) in [4.78, 5) is 36.3. The Balaban J connectivity index is 1.42. The molecule has 0 bridgehead atoms. The van der Waals surface area contributed by atoms with Crippen molar-refractivity contribution in [2.75, 3.05) is 28.4 Å². The van der Waals surface area contributed by atoms with Crippen LogP contribution in [0.5, 0.6) is 23.0 Å². The number of hydrogen-bond acceptors (Lipinski definition) is 7. The van der Waals surface area contributed by atoms with Gasteiger partial charge in [-0.05, 0) is 82.9 Å². The number of nitrogens with zero attached hydrogens (tertiary/aromatic N) is 3. The van der Waals surface area contributed by atoms with Gasteiger partial charge >= 0.3 is 0 Å². The summed E-state index contributed by atoms with van der Waals surface area (Å²) < 4.78 is 21.2. The Morgan fingerprint density at radius 1 is 0.438 bits per heavy atom. The number of ether oxygens (including phenoxy) is 4. The maximum absolute atomic E-state index is 14.1. The average Bonchev–Trinajstić information content (AvgIpc) is 3.15. The minimum Gasteiger partial charge on any atom is -0.497 e. The van der Waals surface area contributed by atoms with E-state index in [1.165, 1.54) is 0 Å². The smallest absolute Gasteiger partial charge is 0.273 e. The van der Waals surface area contributed by atoms with Crippen LogP contribution in [0.1, 0.15) is 43.2 Å². The van der Waals surface area contributed by atoms with Gasteiger partial charge in [0, 0.05) is 26.2 Å². The number of hydrogen-bond donors (Lipinski definition) is 0. The van der Waals surface area contributed by atoms with E-state index in [4.69, 9.17) is 18.9 Å². The second kappa shape index (κ2) is 16.1. The molecule has 0 aliphatic heterocycles. The predicted octanol–water partition coefficient (Wildman–Crippen LogP) is 6.80. The number of benzene rings is 4. The number of methoxy groups -OCH3 is 4. The van der Waals surface area contributed by atoms with Crippen LogP contribution in [0.25, 0.3) is 0 Å². The molecule has 0 fully saturated rings. The molecule has 0 saturated heterocycles. The Morgan fingerprint density at radius 2 is 0.688 bits per heavy atom. The average molecular weight is 646 g/mol. The number of pyridine rings is 1. The Bertz CT molecular complexity index is 1560. The van der Waals surface area contributed by atoms with Gasteiger partial charge in [0.05, 0.1) is 28.4 Å². The maximum atomic E-state index is 14.1. The van der Waals surface area contributed by atoms with Crippen LogP contribution in [0, 0.1) is 0 Å². The maximum Gasteiger partial charge on any atom is 0.273 e. The summed E-state index contributed by atoms with van der Waals surface area (Å²) in [5, 5.41) is 0. The van der Waals surface area contributed by atoms with Crippen molar-refractivity contribution >= 4 is 11.8 Å². The van der Waals surface area contributed by atoms with Crippen molar-refractivity contribution in [1.29, 1.82) is 0 Å². The van der Waals surface area contributed by atoms with Crippen LogP contribution in [-0.4, -0.2) is 55.0 Å². The van der Waals surface area contributed by atoms with Crippen molar-refractivity contribution in [3.8, 4) is 23.0 Å². The summed E-state index contributed by atoms with van der Waals surface area (Å²) in [7, 11) is 6.46. The molecule has 0 unspecified atom stereocenters. The van der Waals surface area contributed by atoms with E-state index in [-0.39, 0.29) is 23.2 Å². The lowest BCUT2D eigenvalue weighted by atomic mass is 10.1. The van der Waals surface area contributed by atoms with Crippen molar-refractivity contribution in [1.82, 2.24) is 14.8 Å². The molecule has 1 aromatic heterocycles. The third-order valence-electron chi connectivity index (χ3n) is 7.89. The first-order valence-corrected chi connectivity index (χ1v) is 15.5. The lowest BCUT2D eigenvalue weighted by Gasteiger charge is -2.25. The van der Waals surface area contributed by atoms with E-state index in [0.717, 1.165) is 45.3 Å². The molecule has 5 rings (SSSR count). The summed E-state index contributed by atoms with van der Waals surface area (Å²) in [5.41, 5.74) is 4.06. The first kappa shape index (κ1) is 33.5. The van der Waals surface area contributed by atoms with Gasteiger partial charge in [-0.2, -0.15) is 0 Å². The molecule has 48 heavy (non-hydrogen) atoms. The summed E-state index contributed by atoms with van der Waals surface area (Å²) in [6, 6.07) is 35.3. The molecule has 1 heterocycles. The van der Waals surface area contributed by atoms with Gasteiger partial charge in [0.1, 0.15) is 34.4 Å². The Morgan fingerprint density at radius 3 is 0.917 bits per heavy atom. The molecule has 9 nitrogen and oxygen atoms in total. The third kappa shape index (κ3) is 8.70. The normalized spacial score (nSPS) is 10.6. The van der Waals surface area contributed by atoms with Crippen molar-refractivity contribution in [2.45, 2.75) is 26.2 Å². The highest BCUT2D eigenvalue weighted by molar-refractivity contribution is 5.96. The fraction of sp³-hybridized carbons (Fsp3) is 0.205. The van der Waals surface area contributed by atoms with Gasteiger partial charge in [-0.1, -0.05) is 54.6 Å². The monoisotopic (exact) mass is 645 g/mol. The fourth-order valence-corrected chi connectivity index (χ4v) is 5.20. The van der Waals surface area contributed by atoms with E-state index in [1.807, 2.05) is 97.1 Å². The number of carbonyl (C=O) groups excluding carboxylic acids is 2. The van der Waals surface area contributed by atoms with Gasteiger partial charge in [-0.25, -0.2) is 4.98 Å². The highest BCUT2D eigenvalue weighted by Crippen LogP contribution is 2.21. The zero-order valence-corrected chi connectivity index (χ0v) is 27.6. The topological polar surface area (TPSA) is 90.4 Å². The minimum atomic E-state index is -0.298. The van der Waals surface area contributed by atoms with E-state index in [1.54, 1.807) is 56.4 Å². The number of rotatable bonds is 14. The van der Waals surface area contributed by atoms with E-state index in [2.05, 4.69) is 4.98 Å². The fourth-order valence-electron chi connectivity index (χ4n) is 5.20. The predicted molar refractivity (Wildman–Crippen MR) is 183 cm³/mol. The van der Waals surface area contributed by atoms with Gasteiger partial charge in [0.25, 0.3) is 11.8 Å². The quantitative estimate of drug-likeness (QED) is 0.131. The lowest BCUT2D eigenvalue weighted by Crippen LogP contribution is -2.33. The lowest BCUT2D eigenvalue weighted by molar-refractivity contribution is 0.0715. The second-order valence-electron chi connectivity index (χ2n) is 11.1. The van der Waals surface area contributed by atoms with Crippen LogP contribution in [0.3, 0.4) is 0 Å². The van der Waals surface area contributed by atoms with Gasteiger partial charge in [-0.15, -0.1) is 0 Å². The van der Waals surface area contributed by atoms with Crippen LogP contribution >= 0.6 is 0 Å². The third-order valence-corrected chi connectivity index (χ3v) is 7.89. The molecule has 2 amide bonds. The van der Waals surface area contributed by atoms with E-state index in [0.29, 0.717) is 26.2 Å². The summed E-state index contributed by atoms with van der Waals surface area (Å²) in [6.07, 6.45) is 0. The van der Waals surface area contributed by atoms with Crippen molar-refractivity contribution in [2.24, 2.45) is 0 Å². The molecular formula is C39H39N3O6. The Hall–Kier alpha value is -5.83. The molecule has 0 N–H and O–H groups in total. The zero-order valence-electron chi connectivity index (χ0n) is 27.6. The van der Waals surface area contributed by atoms with E-state index >= 15 is 0 Å².